The van der Waals surface area contributed by atoms with Gasteiger partial charge in [0, 0.05) is 12.1 Å². The number of hydrogen-bond donors (Lipinski definition) is 3. The van der Waals surface area contributed by atoms with Crippen molar-refractivity contribution in [2.45, 2.75) is 12.5 Å². The lowest BCUT2D eigenvalue weighted by molar-refractivity contribution is -0.139. The number of benzene rings is 1. The molecule has 5 nitrogen and oxygen atoms in total. The Labute approximate surface area is 122 Å². The maximum absolute atomic E-state index is 13.3. The van der Waals surface area contributed by atoms with Crippen molar-refractivity contribution in [3.8, 4) is 0 Å². The molecule has 0 spiro atoms. The predicted molar refractivity (Wildman–Crippen MR) is 72.9 cm³/mol. The highest BCUT2D eigenvalue weighted by atomic mass is 32.2. The topological polar surface area (TPSA) is 78.4 Å². The normalized spacial score (nSPS) is 11.8. The van der Waals surface area contributed by atoms with Crippen molar-refractivity contribution in [3.63, 3.8) is 0 Å². The molecule has 1 aromatic carbocycles. The van der Waals surface area contributed by atoms with Crippen LogP contribution in [0.5, 0.6) is 0 Å². The minimum absolute atomic E-state index is 0.157. The van der Waals surface area contributed by atoms with Gasteiger partial charge in [0.05, 0.1) is 5.69 Å². The molecular weight excluding hydrogens is 309 g/mol. The van der Waals surface area contributed by atoms with E-state index in [1.807, 2.05) is 5.32 Å². The van der Waals surface area contributed by atoms with Crippen LogP contribution in [0.25, 0.3) is 0 Å². The number of carboxylic acids is 1. The second kappa shape index (κ2) is 7.77. The summed E-state index contributed by atoms with van der Waals surface area (Å²) in [5.41, 5.74) is -0.709. The SMILES string of the molecule is CSCC[C@@H](NC(=O)Nc1cc(F)cc(F)c1F)C(=O)O. The number of nitrogens with one attached hydrogen (secondary N) is 2. The number of amides is 2. The average Bonchev–Trinajstić information content (AvgIpc) is 2.39. The third-order valence-electron chi connectivity index (χ3n) is 2.46. The third kappa shape index (κ3) is 5.18. The van der Waals surface area contributed by atoms with Crippen molar-refractivity contribution in [2.24, 2.45) is 0 Å². The first-order chi connectivity index (χ1) is 9.85. The number of thioether (sulfide) groups is 1. The molecule has 0 saturated heterocycles. The van der Waals surface area contributed by atoms with Gasteiger partial charge >= 0.3 is 12.0 Å². The lowest BCUT2D eigenvalue weighted by atomic mass is 10.2. The van der Waals surface area contributed by atoms with E-state index in [0.717, 1.165) is 0 Å². The van der Waals surface area contributed by atoms with Crippen LogP contribution in [0.2, 0.25) is 0 Å². The van der Waals surface area contributed by atoms with Gasteiger partial charge < -0.3 is 15.7 Å². The molecule has 0 radical (unpaired) electrons. The number of rotatable bonds is 6. The van der Waals surface area contributed by atoms with Crippen LogP contribution in [0.15, 0.2) is 12.1 Å². The summed E-state index contributed by atoms with van der Waals surface area (Å²) in [6.07, 6.45) is 1.92. The van der Waals surface area contributed by atoms with Gasteiger partial charge in [-0.15, -0.1) is 0 Å². The van der Waals surface area contributed by atoms with Gasteiger partial charge in [-0.3, -0.25) is 0 Å². The van der Waals surface area contributed by atoms with Gasteiger partial charge in [0.15, 0.2) is 11.6 Å². The number of urea groups is 1. The largest absolute Gasteiger partial charge is 0.480 e. The Bertz CT molecular complexity index is 543. The quantitative estimate of drug-likeness (QED) is 0.703. The summed E-state index contributed by atoms with van der Waals surface area (Å²) in [6.45, 7) is 0. The highest BCUT2D eigenvalue weighted by Crippen LogP contribution is 2.19. The molecule has 0 bridgehead atoms. The summed E-state index contributed by atoms with van der Waals surface area (Å²) >= 11 is 1.39. The van der Waals surface area contributed by atoms with Crippen molar-refractivity contribution >= 4 is 29.4 Å². The van der Waals surface area contributed by atoms with E-state index in [1.54, 1.807) is 6.26 Å². The number of aliphatic carboxylic acids is 1. The fraction of sp³-hybridized carbons (Fsp3) is 0.333. The zero-order chi connectivity index (χ0) is 16.0. The molecule has 0 aromatic heterocycles. The summed E-state index contributed by atoms with van der Waals surface area (Å²) in [5, 5.41) is 12.9. The average molecular weight is 322 g/mol. The van der Waals surface area contributed by atoms with Crippen molar-refractivity contribution in [3.05, 3.63) is 29.6 Å². The first kappa shape index (κ1) is 17.2. The molecule has 21 heavy (non-hydrogen) atoms. The van der Waals surface area contributed by atoms with Gasteiger partial charge in [-0.05, 0) is 18.4 Å². The van der Waals surface area contributed by atoms with Crippen LogP contribution in [-0.2, 0) is 4.79 Å². The highest BCUT2D eigenvalue weighted by molar-refractivity contribution is 7.98. The Kier molecular flexibility index (Phi) is 6.35. The second-order valence-electron chi connectivity index (χ2n) is 4.02. The molecule has 0 saturated carbocycles. The van der Waals surface area contributed by atoms with Crippen LogP contribution < -0.4 is 10.6 Å². The molecule has 0 aliphatic rings. The molecule has 1 aromatic rings. The monoisotopic (exact) mass is 322 g/mol. The lowest BCUT2D eigenvalue weighted by Gasteiger charge is -2.15. The maximum Gasteiger partial charge on any atom is 0.326 e. The van der Waals surface area contributed by atoms with E-state index in [-0.39, 0.29) is 6.42 Å². The van der Waals surface area contributed by atoms with Gasteiger partial charge in [0.1, 0.15) is 11.9 Å². The van der Waals surface area contributed by atoms with E-state index >= 15 is 0 Å². The van der Waals surface area contributed by atoms with Crippen LogP contribution in [-0.4, -0.2) is 35.2 Å². The van der Waals surface area contributed by atoms with Crippen LogP contribution in [0.3, 0.4) is 0 Å². The van der Waals surface area contributed by atoms with E-state index in [1.165, 1.54) is 11.8 Å². The first-order valence-corrected chi connectivity index (χ1v) is 7.18. The molecule has 0 aliphatic carbocycles. The Morgan fingerprint density at radius 1 is 1.33 bits per heavy atom. The molecule has 0 fully saturated rings. The summed E-state index contributed by atoms with van der Waals surface area (Å²) in [4.78, 5) is 22.5. The fourth-order valence-electron chi connectivity index (χ4n) is 1.46. The Hall–Kier alpha value is -1.90. The van der Waals surface area contributed by atoms with E-state index in [9.17, 15) is 22.8 Å². The minimum Gasteiger partial charge on any atom is -0.480 e. The maximum atomic E-state index is 13.3. The second-order valence-corrected chi connectivity index (χ2v) is 5.01. The smallest absolute Gasteiger partial charge is 0.326 e. The van der Waals surface area contributed by atoms with Crippen LogP contribution >= 0.6 is 11.8 Å². The van der Waals surface area contributed by atoms with Crippen molar-refractivity contribution < 1.29 is 27.9 Å². The number of anilines is 1. The Morgan fingerprint density at radius 2 is 2.00 bits per heavy atom. The van der Waals surface area contributed by atoms with E-state index in [0.29, 0.717) is 17.9 Å². The zero-order valence-electron chi connectivity index (χ0n) is 11.0. The molecule has 116 valence electrons. The molecule has 9 heteroatoms. The van der Waals surface area contributed by atoms with Gasteiger partial charge in [0.2, 0.25) is 0 Å². The first-order valence-electron chi connectivity index (χ1n) is 5.79. The number of carbonyl (C=O) groups excluding carboxylic acids is 1. The molecular formula is C12H13F3N2O3S. The standard InChI is InChI=1S/C12H13F3N2O3S/c1-21-3-2-8(11(18)19)16-12(20)17-9-5-6(13)4-7(14)10(9)15/h4-5,8H,2-3H2,1H3,(H,18,19)(H2,16,17,20)/t8-/m1/s1. The minimum atomic E-state index is -1.46. The summed E-state index contributed by atoms with van der Waals surface area (Å²) in [5.74, 6) is -4.73. The van der Waals surface area contributed by atoms with Gasteiger partial charge in [0.25, 0.3) is 0 Å². The molecule has 2 amide bonds. The van der Waals surface area contributed by atoms with Crippen molar-refractivity contribution in [1.82, 2.24) is 5.32 Å². The number of carbonyl (C=O) groups is 2. The zero-order valence-corrected chi connectivity index (χ0v) is 11.8. The van der Waals surface area contributed by atoms with Crippen molar-refractivity contribution in [1.29, 1.82) is 0 Å². The number of halogens is 3. The van der Waals surface area contributed by atoms with Crippen LogP contribution in [0, 0.1) is 17.5 Å². The number of carboxylic acid groups (broad SMARTS) is 1. The molecule has 0 aliphatic heterocycles. The van der Waals surface area contributed by atoms with Crippen LogP contribution in [0.4, 0.5) is 23.7 Å². The molecule has 0 heterocycles. The molecule has 1 rings (SSSR count). The van der Waals surface area contributed by atoms with Gasteiger partial charge in [-0.25, -0.2) is 22.8 Å². The number of hydrogen-bond acceptors (Lipinski definition) is 3. The third-order valence-corrected chi connectivity index (χ3v) is 3.10. The van der Waals surface area contributed by atoms with E-state index < -0.39 is 41.2 Å². The van der Waals surface area contributed by atoms with Gasteiger partial charge in [-0.2, -0.15) is 11.8 Å². The fourth-order valence-corrected chi connectivity index (χ4v) is 1.93. The summed E-state index contributed by atoms with van der Waals surface area (Å²) < 4.78 is 39.2. The van der Waals surface area contributed by atoms with Crippen molar-refractivity contribution in [2.75, 3.05) is 17.3 Å². The summed E-state index contributed by atoms with van der Waals surface area (Å²) in [6, 6.07) is -1.32. The Morgan fingerprint density at radius 3 is 2.57 bits per heavy atom. The van der Waals surface area contributed by atoms with E-state index in [4.69, 9.17) is 5.11 Å². The highest BCUT2D eigenvalue weighted by Gasteiger charge is 2.20. The predicted octanol–water partition coefficient (Wildman–Crippen LogP) is 2.43. The Balaban J connectivity index is 2.74. The van der Waals surface area contributed by atoms with E-state index in [2.05, 4.69) is 5.32 Å². The summed E-state index contributed by atoms with van der Waals surface area (Å²) in [7, 11) is 0. The lowest BCUT2D eigenvalue weighted by Crippen LogP contribution is -2.43. The van der Waals surface area contributed by atoms with Crippen LogP contribution in [0.1, 0.15) is 6.42 Å². The molecule has 0 unspecified atom stereocenters. The molecule has 3 N–H and O–H groups in total. The van der Waals surface area contributed by atoms with Gasteiger partial charge in [-0.1, -0.05) is 0 Å². The molecule has 1 atom stereocenters.